The molecule has 4 rings (SSSR count). The van der Waals surface area contributed by atoms with Crippen LogP contribution in [0.3, 0.4) is 0 Å². The van der Waals surface area contributed by atoms with Gasteiger partial charge in [-0.25, -0.2) is 14.6 Å². The van der Waals surface area contributed by atoms with Crippen molar-refractivity contribution in [1.82, 2.24) is 29.8 Å². The Labute approximate surface area is 168 Å². The minimum atomic E-state index is -0.116. The second-order valence-electron chi connectivity index (χ2n) is 7.32. The molecule has 29 heavy (non-hydrogen) atoms. The van der Waals surface area contributed by atoms with E-state index in [1.165, 1.54) is 12.5 Å². The Kier molecular flexibility index (Phi) is 4.84. The Morgan fingerprint density at radius 1 is 1.17 bits per heavy atom. The maximum absolute atomic E-state index is 13.1. The number of amides is 1. The number of rotatable bonds is 5. The topological polar surface area (TPSA) is 89.9 Å². The number of carbonyl (C=O) groups is 1. The van der Waals surface area contributed by atoms with Crippen LogP contribution in [-0.4, -0.2) is 42.8 Å². The van der Waals surface area contributed by atoms with Crippen molar-refractivity contribution in [2.75, 3.05) is 7.05 Å². The molecule has 3 aromatic heterocycles. The first-order chi connectivity index (χ1) is 14.0. The van der Waals surface area contributed by atoms with Crippen LogP contribution in [0.25, 0.3) is 16.8 Å². The van der Waals surface area contributed by atoms with Crippen LogP contribution in [0.15, 0.2) is 53.7 Å². The van der Waals surface area contributed by atoms with Gasteiger partial charge in [-0.15, -0.1) is 0 Å². The summed E-state index contributed by atoms with van der Waals surface area (Å²) in [5, 5.41) is 8.98. The van der Waals surface area contributed by atoms with Gasteiger partial charge >= 0.3 is 0 Å². The van der Waals surface area contributed by atoms with Crippen LogP contribution in [0.4, 0.5) is 0 Å². The smallest absolute Gasteiger partial charge is 0.257 e. The zero-order chi connectivity index (χ0) is 20.5. The normalized spacial score (nSPS) is 12.4. The average Bonchev–Trinajstić information content (AvgIpc) is 3.41. The molecule has 0 spiro atoms. The van der Waals surface area contributed by atoms with E-state index in [4.69, 9.17) is 4.52 Å². The Hall–Kier alpha value is -3.55. The molecule has 1 unspecified atom stereocenters. The molecule has 0 aliphatic carbocycles. The molecule has 0 aliphatic rings. The lowest BCUT2D eigenvalue weighted by Gasteiger charge is -2.25. The minimum absolute atomic E-state index is 0.108. The molecule has 8 nitrogen and oxygen atoms in total. The number of hydrogen-bond acceptors (Lipinski definition) is 6. The minimum Gasteiger partial charge on any atom is -0.336 e. The van der Waals surface area contributed by atoms with Gasteiger partial charge in [0.25, 0.3) is 11.6 Å². The second kappa shape index (κ2) is 7.46. The van der Waals surface area contributed by atoms with Crippen molar-refractivity contribution in [2.45, 2.75) is 32.7 Å². The SMILES string of the molecule is CC(C)c1noc2ncc(C(=O)N(C)C(C)c3ccc(-n4cncn4)cc3)cc12. The van der Waals surface area contributed by atoms with Crippen molar-refractivity contribution in [3.63, 3.8) is 0 Å². The highest BCUT2D eigenvalue weighted by Crippen LogP contribution is 2.26. The number of carbonyl (C=O) groups excluding carboxylic acids is 1. The van der Waals surface area contributed by atoms with Crippen molar-refractivity contribution in [3.8, 4) is 5.69 Å². The van der Waals surface area contributed by atoms with Gasteiger partial charge in [0.1, 0.15) is 12.7 Å². The van der Waals surface area contributed by atoms with Gasteiger partial charge in [0.2, 0.25) is 0 Å². The van der Waals surface area contributed by atoms with E-state index in [-0.39, 0.29) is 17.9 Å². The molecule has 0 saturated heterocycles. The third kappa shape index (κ3) is 3.49. The summed E-state index contributed by atoms with van der Waals surface area (Å²) in [4.78, 5) is 23.0. The van der Waals surface area contributed by atoms with Crippen LogP contribution in [0.2, 0.25) is 0 Å². The largest absolute Gasteiger partial charge is 0.336 e. The summed E-state index contributed by atoms with van der Waals surface area (Å²) < 4.78 is 6.96. The average molecular weight is 390 g/mol. The van der Waals surface area contributed by atoms with Crippen LogP contribution >= 0.6 is 0 Å². The van der Waals surface area contributed by atoms with Gasteiger partial charge < -0.3 is 9.42 Å². The molecule has 0 radical (unpaired) electrons. The summed E-state index contributed by atoms with van der Waals surface area (Å²) in [6, 6.07) is 9.59. The Balaban J connectivity index is 1.57. The Morgan fingerprint density at radius 2 is 1.93 bits per heavy atom. The highest BCUT2D eigenvalue weighted by molar-refractivity contribution is 5.97. The highest BCUT2D eigenvalue weighted by Gasteiger charge is 2.21. The molecule has 0 bridgehead atoms. The van der Waals surface area contributed by atoms with E-state index in [0.29, 0.717) is 11.3 Å². The number of fused-ring (bicyclic) bond motifs is 1. The number of pyridine rings is 1. The summed E-state index contributed by atoms with van der Waals surface area (Å²) in [6.45, 7) is 6.05. The van der Waals surface area contributed by atoms with Gasteiger partial charge in [-0.05, 0) is 36.6 Å². The lowest BCUT2D eigenvalue weighted by atomic mass is 10.0. The van der Waals surface area contributed by atoms with Gasteiger partial charge in [-0.3, -0.25) is 4.79 Å². The molecule has 0 aliphatic heterocycles. The van der Waals surface area contributed by atoms with Gasteiger partial charge in [-0.1, -0.05) is 31.1 Å². The summed E-state index contributed by atoms with van der Waals surface area (Å²) >= 11 is 0. The fourth-order valence-corrected chi connectivity index (χ4v) is 3.23. The molecule has 148 valence electrons. The molecule has 1 atom stereocenters. The summed E-state index contributed by atoms with van der Waals surface area (Å²) in [5.41, 5.74) is 3.70. The van der Waals surface area contributed by atoms with Crippen molar-refractivity contribution in [2.24, 2.45) is 0 Å². The molecular weight excluding hydrogens is 368 g/mol. The van der Waals surface area contributed by atoms with E-state index in [1.54, 1.807) is 23.0 Å². The third-order valence-electron chi connectivity index (χ3n) is 5.11. The molecular formula is C21H22N6O2. The molecule has 0 saturated carbocycles. The summed E-state index contributed by atoms with van der Waals surface area (Å²) in [5.74, 6) is 0.0757. The fourth-order valence-electron chi connectivity index (χ4n) is 3.23. The number of benzene rings is 1. The molecule has 1 aromatic carbocycles. The van der Waals surface area contributed by atoms with Crippen LogP contribution in [-0.2, 0) is 0 Å². The number of aromatic nitrogens is 5. The maximum atomic E-state index is 13.1. The second-order valence-corrected chi connectivity index (χ2v) is 7.32. The monoisotopic (exact) mass is 390 g/mol. The van der Waals surface area contributed by atoms with Crippen LogP contribution in [0, 0.1) is 0 Å². The molecule has 3 heterocycles. The van der Waals surface area contributed by atoms with Crippen molar-refractivity contribution in [1.29, 1.82) is 0 Å². The first-order valence-corrected chi connectivity index (χ1v) is 9.43. The number of hydrogen-bond donors (Lipinski definition) is 0. The molecule has 4 aromatic rings. The highest BCUT2D eigenvalue weighted by atomic mass is 16.5. The lowest BCUT2D eigenvalue weighted by Crippen LogP contribution is -2.29. The van der Waals surface area contributed by atoms with E-state index < -0.39 is 0 Å². The van der Waals surface area contributed by atoms with Gasteiger partial charge in [-0.2, -0.15) is 5.10 Å². The van der Waals surface area contributed by atoms with Crippen molar-refractivity contribution >= 4 is 17.0 Å². The van der Waals surface area contributed by atoms with E-state index in [1.807, 2.05) is 51.1 Å². The van der Waals surface area contributed by atoms with Crippen molar-refractivity contribution < 1.29 is 9.32 Å². The van der Waals surface area contributed by atoms with Gasteiger partial charge in [0, 0.05) is 13.2 Å². The van der Waals surface area contributed by atoms with E-state index in [2.05, 4.69) is 20.2 Å². The van der Waals surface area contributed by atoms with Crippen LogP contribution < -0.4 is 0 Å². The zero-order valence-corrected chi connectivity index (χ0v) is 16.8. The fraction of sp³-hybridized carbons (Fsp3) is 0.286. The predicted octanol–water partition coefficient (Wildman–Crippen LogP) is 3.76. The molecule has 0 N–H and O–H groups in total. The van der Waals surface area contributed by atoms with Gasteiger partial charge in [0.15, 0.2) is 0 Å². The van der Waals surface area contributed by atoms with E-state index in [9.17, 15) is 4.79 Å². The maximum Gasteiger partial charge on any atom is 0.257 e. The van der Waals surface area contributed by atoms with E-state index >= 15 is 0 Å². The molecule has 8 heteroatoms. The molecule has 0 fully saturated rings. The lowest BCUT2D eigenvalue weighted by molar-refractivity contribution is 0.0742. The first-order valence-electron chi connectivity index (χ1n) is 9.43. The Bertz CT molecular complexity index is 1130. The predicted molar refractivity (Wildman–Crippen MR) is 108 cm³/mol. The molecule has 1 amide bonds. The number of nitrogens with zero attached hydrogens (tertiary/aromatic N) is 6. The third-order valence-corrected chi connectivity index (χ3v) is 5.11. The quantitative estimate of drug-likeness (QED) is 0.515. The summed E-state index contributed by atoms with van der Waals surface area (Å²) in [6.07, 6.45) is 4.68. The van der Waals surface area contributed by atoms with E-state index in [0.717, 1.165) is 22.3 Å². The van der Waals surface area contributed by atoms with Crippen LogP contribution in [0.1, 0.15) is 54.3 Å². The Morgan fingerprint density at radius 3 is 2.59 bits per heavy atom. The standard InChI is InChI=1S/C21H22N6O2/c1-13(2)19-18-9-16(10-23-20(18)29-25-19)21(28)26(4)14(3)15-5-7-17(8-6-15)27-12-22-11-24-27/h5-14H,1-4H3. The van der Waals surface area contributed by atoms with Crippen molar-refractivity contribution in [3.05, 3.63) is 66.0 Å². The summed E-state index contributed by atoms with van der Waals surface area (Å²) in [7, 11) is 1.79. The van der Waals surface area contributed by atoms with Gasteiger partial charge in [0.05, 0.1) is 28.4 Å². The van der Waals surface area contributed by atoms with Crippen LogP contribution in [0.5, 0.6) is 0 Å². The zero-order valence-electron chi connectivity index (χ0n) is 16.8. The first kappa shape index (κ1) is 18.8.